The molecule has 0 spiro atoms. The molecule has 0 aromatic heterocycles. The number of ether oxygens (including phenoxy) is 2. The van der Waals surface area contributed by atoms with Gasteiger partial charge < -0.3 is 20.1 Å². The van der Waals surface area contributed by atoms with Crippen LogP contribution in [0.4, 0.5) is 0 Å². The maximum Gasteiger partial charge on any atom is 0.472 e. The maximum absolute atomic E-state index is 11.7. The van der Waals surface area contributed by atoms with Crippen molar-refractivity contribution in [2.45, 2.75) is 116 Å². The highest BCUT2D eigenvalue weighted by molar-refractivity contribution is 7.47. The molecule has 0 aromatic rings. The quantitative estimate of drug-likeness (QED) is 0.0913. The van der Waals surface area contributed by atoms with Gasteiger partial charge in [-0.2, -0.15) is 0 Å². The highest BCUT2D eigenvalue weighted by Gasteiger charge is 2.24. The first-order valence-electron chi connectivity index (χ1n) is 13.0. The first-order valence-corrected chi connectivity index (χ1v) is 14.5. The van der Waals surface area contributed by atoms with Gasteiger partial charge in [0.25, 0.3) is 0 Å². The van der Waals surface area contributed by atoms with Crippen LogP contribution in [0.25, 0.3) is 0 Å². The molecule has 0 amide bonds. The van der Waals surface area contributed by atoms with Crippen molar-refractivity contribution in [2.75, 3.05) is 33.0 Å². The molecule has 0 bridgehead atoms. The lowest BCUT2D eigenvalue weighted by molar-refractivity contribution is -0.154. The predicted molar refractivity (Wildman–Crippen MR) is 132 cm³/mol. The molecule has 0 saturated carbocycles. The van der Waals surface area contributed by atoms with Crippen LogP contribution < -0.4 is 5.73 Å². The van der Waals surface area contributed by atoms with Crippen LogP contribution in [-0.2, 0) is 27.9 Å². The smallest absolute Gasteiger partial charge is 0.457 e. The number of rotatable bonds is 25. The van der Waals surface area contributed by atoms with Gasteiger partial charge in [0, 0.05) is 19.6 Å². The summed E-state index contributed by atoms with van der Waals surface area (Å²) in [4.78, 5) is 21.2. The van der Waals surface area contributed by atoms with Crippen LogP contribution in [0.5, 0.6) is 0 Å². The molecule has 0 rings (SSSR count). The van der Waals surface area contributed by atoms with E-state index in [0.717, 1.165) is 12.8 Å². The average Bonchev–Trinajstić information content (AvgIpc) is 2.80. The van der Waals surface area contributed by atoms with E-state index in [0.29, 0.717) is 6.61 Å². The van der Waals surface area contributed by atoms with Crippen molar-refractivity contribution in [3.8, 4) is 0 Å². The van der Waals surface area contributed by atoms with Gasteiger partial charge in [-0.1, -0.05) is 97.3 Å². The Morgan fingerprint density at radius 3 is 1.79 bits per heavy atom. The molecule has 0 fully saturated rings. The Morgan fingerprint density at radius 1 is 0.788 bits per heavy atom. The maximum atomic E-state index is 11.7. The third-order valence-electron chi connectivity index (χ3n) is 5.33. The number of esters is 1. The highest BCUT2D eigenvalue weighted by atomic mass is 31.2. The lowest BCUT2D eigenvalue weighted by Crippen LogP contribution is -2.28. The van der Waals surface area contributed by atoms with Crippen LogP contribution in [0, 0.1) is 0 Å². The fourth-order valence-electron chi connectivity index (χ4n) is 3.38. The first kappa shape index (κ1) is 32.5. The normalized spacial score (nSPS) is 14.2. The number of phosphoric acid groups is 1. The van der Waals surface area contributed by atoms with Gasteiger partial charge in [0.2, 0.25) is 0 Å². The monoisotopic (exact) mass is 495 g/mol. The van der Waals surface area contributed by atoms with Crippen molar-refractivity contribution in [1.29, 1.82) is 0 Å². The number of carbonyl (C=O) groups is 1. The summed E-state index contributed by atoms with van der Waals surface area (Å²) in [7, 11) is -4.22. The Hall–Kier alpha value is -0.500. The molecule has 8 nitrogen and oxygen atoms in total. The van der Waals surface area contributed by atoms with Gasteiger partial charge in [-0.15, -0.1) is 0 Å². The Balaban J connectivity index is 3.73. The van der Waals surface area contributed by atoms with Crippen molar-refractivity contribution in [1.82, 2.24) is 0 Å². The average molecular weight is 496 g/mol. The van der Waals surface area contributed by atoms with Crippen LogP contribution in [0.1, 0.15) is 110 Å². The fourth-order valence-corrected chi connectivity index (χ4v) is 4.15. The number of hydrogen-bond donors (Lipinski definition) is 2. The van der Waals surface area contributed by atoms with E-state index in [-0.39, 0.29) is 32.8 Å². The van der Waals surface area contributed by atoms with Gasteiger partial charge in [-0.25, -0.2) is 4.57 Å². The standard InChI is InChI=1S/C24H50NO7P/c1-3-5-6-7-8-9-10-11-12-13-14-15-16-17-19-29-21-23(32-24(26)4-2)22-31-33(27,28)30-20-18-25/h23H,3-22,25H2,1-2H3,(H,27,28). The van der Waals surface area contributed by atoms with E-state index in [2.05, 4.69) is 11.4 Å². The minimum atomic E-state index is -4.22. The summed E-state index contributed by atoms with van der Waals surface area (Å²) in [5.41, 5.74) is 5.25. The zero-order valence-corrected chi connectivity index (χ0v) is 22.0. The summed E-state index contributed by atoms with van der Waals surface area (Å²) < 4.78 is 32.1. The van der Waals surface area contributed by atoms with E-state index in [9.17, 15) is 14.3 Å². The topological polar surface area (TPSA) is 117 Å². The van der Waals surface area contributed by atoms with Crippen molar-refractivity contribution >= 4 is 13.8 Å². The molecule has 33 heavy (non-hydrogen) atoms. The van der Waals surface area contributed by atoms with Gasteiger partial charge in [0.15, 0.2) is 0 Å². The summed E-state index contributed by atoms with van der Waals surface area (Å²) in [6, 6.07) is 0. The van der Waals surface area contributed by atoms with Gasteiger partial charge >= 0.3 is 13.8 Å². The SMILES string of the molecule is CCCCCCCCCCCCCCCCOCC(COP(=O)(O)OCCN)OC(=O)CC. The second-order valence-corrected chi connectivity index (χ2v) is 9.98. The minimum absolute atomic E-state index is 0.0944. The van der Waals surface area contributed by atoms with Crippen LogP contribution in [0.2, 0.25) is 0 Å². The van der Waals surface area contributed by atoms with Crippen LogP contribution in [0.3, 0.4) is 0 Å². The summed E-state index contributed by atoms with van der Waals surface area (Å²) in [5.74, 6) is -0.417. The molecule has 0 heterocycles. The van der Waals surface area contributed by atoms with Crippen molar-refractivity contribution < 1.29 is 32.8 Å². The predicted octanol–water partition coefficient (Wildman–Crippen LogP) is 5.90. The second kappa shape index (κ2) is 23.3. The Labute approximate surface area is 201 Å². The summed E-state index contributed by atoms with van der Waals surface area (Å²) in [6.45, 7) is 4.33. The van der Waals surface area contributed by atoms with E-state index in [4.69, 9.17) is 19.7 Å². The largest absolute Gasteiger partial charge is 0.472 e. The number of carbonyl (C=O) groups excluding carboxylic acids is 1. The molecule has 9 heteroatoms. The molecular formula is C24H50NO7P. The number of nitrogens with two attached hydrogens (primary N) is 1. The zero-order valence-electron chi connectivity index (χ0n) is 21.1. The second-order valence-electron chi connectivity index (χ2n) is 8.52. The molecule has 0 saturated heterocycles. The molecule has 0 aromatic carbocycles. The molecule has 0 aliphatic carbocycles. The van der Waals surface area contributed by atoms with E-state index >= 15 is 0 Å². The summed E-state index contributed by atoms with van der Waals surface area (Å²) in [5, 5.41) is 0. The Kier molecular flexibility index (Phi) is 22.9. The van der Waals surface area contributed by atoms with Gasteiger partial charge in [0.05, 0.1) is 19.8 Å². The van der Waals surface area contributed by atoms with Crippen LogP contribution >= 0.6 is 7.82 Å². The highest BCUT2D eigenvalue weighted by Crippen LogP contribution is 2.43. The first-order chi connectivity index (χ1) is 15.9. The molecule has 0 radical (unpaired) electrons. The van der Waals surface area contributed by atoms with Gasteiger partial charge in [-0.05, 0) is 6.42 Å². The number of unbranched alkanes of at least 4 members (excludes halogenated alkanes) is 13. The summed E-state index contributed by atoms with van der Waals surface area (Å²) in [6.07, 6.45) is 17.6. The van der Waals surface area contributed by atoms with Crippen molar-refractivity contribution in [2.24, 2.45) is 5.73 Å². The Bertz CT molecular complexity index is 493. The molecule has 0 aliphatic heterocycles. The van der Waals surface area contributed by atoms with Crippen molar-refractivity contribution in [3.63, 3.8) is 0 Å². The van der Waals surface area contributed by atoms with E-state index in [1.165, 1.54) is 77.0 Å². The number of phosphoric ester groups is 1. The molecule has 3 N–H and O–H groups in total. The molecular weight excluding hydrogens is 445 g/mol. The Morgan fingerprint density at radius 2 is 1.30 bits per heavy atom. The lowest BCUT2D eigenvalue weighted by Gasteiger charge is -2.19. The third-order valence-corrected chi connectivity index (χ3v) is 6.31. The molecule has 0 aliphatic rings. The molecule has 2 unspecified atom stereocenters. The number of hydrogen-bond acceptors (Lipinski definition) is 7. The van der Waals surface area contributed by atoms with Gasteiger partial charge in [-0.3, -0.25) is 13.8 Å². The fraction of sp³-hybridized carbons (Fsp3) is 0.958. The van der Waals surface area contributed by atoms with E-state index < -0.39 is 19.9 Å². The molecule has 2 atom stereocenters. The van der Waals surface area contributed by atoms with E-state index in [1.54, 1.807) is 6.92 Å². The van der Waals surface area contributed by atoms with E-state index in [1.807, 2.05) is 0 Å². The van der Waals surface area contributed by atoms with Crippen LogP contribution in [0.15, 0.2) is 0 Å². The van der Waals surface area contributed by atoms with Gasteiger partial charge in [0.1, 0.15) is 6.10 Å². The minimum Gasteiger partial charge on any atom is -0.457 e. The van der Waals surface area contributed by atoms with Crippen LogP contribution in [-0.4, -0.2) is 49.9 Å². The summed E-state index contributed by atoms with van der Waals surface area (Å²) >= 11 is 0. The van der Waals surface area contributed by atoms with Crippen molar-refractivity contribution in [3.05, 3.63) is 0 Å². The lowest BCUT2D eigenvalue weighted by atomic mass is 10.0. The zero-order chi connectivity index (χ0) is 24.6. The third kappa shape index (κ3) is 23.0. The molecule has 198 valence electrons.